The fraction of sp³-hybridized carbons (Fsp3) is 0.350. The van der Waals surface area contributed by atoms with Crippen LogP contribution in [0, 0.1) is 0 Å². The van der Waals surface area contributed by atoms with Crippen molar-refractivity contribution in [2.24, 2.45) is 0 Å². The van der Waals surface area contributed by atoms with E-state index in [9.17, 15) is 4.79 Å². The SMILES string of the molecule is COc1ccc(OC)c(C(C)NC(=O)C2Cc3ccccc3CN2)c1. The molecule has 0 saturated heterocycles. The van der Waals surface area contributed by atoms with Crippen LogP contribution in [-0.2, 0) is 17.8 Å². The minimum Gasteiger partial charge on any atom is -0.497 e. The van der Waals surface area contributed by atoms with Gasteiger partial charge in [0.2, 0.25) is 5.91 Å². The Morgan fingerprint density at radius 3 is 2.64 bits per heavy atom. The summed E-state index contributed by atoms with van der Waals surface area (Å²) in [7, 11) is 3.25. The molecule has 3 rings (SSSR count). The Morgan fingerprint density at radius 1 is 1.16 bits per heavy atom. The highest BCUT2D eigenvalue weighted by Gasteiger charge is 2.25. The zero-order valence-corrected chi connectivity index (χ0v) is 14.8. The van der Waals surface area contributed by atoms with Crippen molar-refractivity contribution < 1.29 is 14.3 Å². The molecule has 1 heterocycles. The Morgan fingerprint density at radius 2 is 1.92 bits per heavy atom. The first-order chi connectivity index (χ1) is 12.1. The Kier molecular flexibility index (Phi) is 5.24. The molecule has 2 N–H and O–H groups in total. The third kappa shape index (κ3) is 3.77. The van der Waals surface area contributed by atoms with Crippen molar-refractivity contribution in [2.45, 2.75) is 32.0 Å². The van der Waals surface area contributed by atoms with E-state index in [1.54, 1.807) is 14.2 Å². The number of rotatable bonds is 5. The molecule has 2 aromatic carbocycles. The van der Waals surface area contributed by atoms with E-state index in [4.69, 9.17) is 9.47 Å². The van der Waals surface area contributed by atoms with Gasteiger partial charge in [0.15, 0.2) is 0 Å². The molecule has 0 radical (unpaired) electrons. The lowest BCUT2D eigenvalue weighted by Crippen LogP contribution is -2.48. The van der Waals surface area contributed by atoms with Gasteiger partial charge in [0, 0.05) is 12.1 Å². The number of hydrogen-bond acceptors (Lipinski definition) is 4. The molecule has 0 bridgehead atoms. The van der Waals surface area contributed by atoms with Crippen LogP contribution < -0.4 is 20.1 Å². The predicted octanol–water partition coefficient (Wildman–Crippen LogP) is 2.60. The minimum atomic E-state index is -0.228. The van der Waals surface area contributed by atoms with Crippen LogP contribution in [0.2, 0.25) is 0 Å². The summed E-state index contributed by atoms with van der Waals surface area (Å²) >= 11 is 0. The van der Waals surface area contributed by atoms with E-state index < -0.39 is 0 Å². The number of amides is 1. The third-order valence-electron chi connectivity index (χ3n) is 4.66. The van der Waals surface area contributed by atoms with Crippen molar-refractivity contribution in [1.82, 2.24) is 10.6 Å². The van der Waals surface area contributed by atoms with E-state index in [1.807, 2.05) is 37.3 Å². The number of carbonyl (C=O) groups is 1. The molecule has 0 saturated carbocycles. The Balaban J connectivity index is 1.71. The normalized spacial score (nSPS) is 17.3. The van der Waals surface area contributed by atoms with Crippen LogP contribution in [0.1, 0.15) is 29.7 Å². The number of fused-ring (bicyclic) bond motifs is 1. The number of benzene rings is 2. The minimum absolute atomic E-state index is 0.00752. The Hall–Kier alpha value is -2.53. The van der Waals surface area contributed by atoms with Crippen LogP contribution >= 0.6 is 0 Å². The summed E-state index contributed by atoms with van der Waals surface area (Å²) in [5.74, 6) is 1.46. The topological polar surface area (TPSA) is 59.6 Å². The zero-order valence-electron chi connectivity index (χ0n) is 14.8. The molecule has 1 amide bonds. The molecule has 1 aliphatic rings. The lowest BCUT2D eigenvalue weighted by Gasteiger charge is -2.27. The molecule has 2 unspecified atom stereocenters. The number of methoxy groups -OCH3 is 2. The van der Waals surface area contributed by atoms with E-state index in [0.29, 0.717) is 13.0 Å². The first kappa shape index (κ1) is 17.3. The van der Waals surface area contributed by atoms with E-state index in [-0.39, 0.29) is 18.0 Å². The van der Waals surface area contributed by atoms with Crippen molar-refractivity contribution in [1.29, 1.82) is 0 Å². The second kappa shape index (κ2) is 7.57. The average Bonchev–Trinajstić information content (AvgIpc) is 2.66. The number of hydrogen-bond donors (Lipinski definition) is 2. The molecule has 0 aliphatic carbocycles. The maximum absolute atomic E-state index is 12.7. The predicted molar refractivity (Wildman–Crippen MR) is 96.9 cm³/mol. The van der Waals surface area contributed by atoms with Gasteiger partial charge in [0.25, 0.3) is 0 Å². The highest BCUT2D eigenvalue weighted by Crippen LogP contribution is 2.29. The molecule has 2 atom stereocenters. The van der Waals surface area contributed by atoms with Gasteiger partial charge in [-0.1, -0.05) is 24.3 Å². The molecular formula is C20H24N2O3. The first-order valence-electron chi connectivity index (χ1n) is 8.45. The Bertz CT molecular complexity index is 760. The van der Waals surface area contributed by atoms with Gasteiger partial charge in [0.1, 0.15) is 11.5 Å². The van der Waals surface area contributed by atoms with E-state index in [1.165, 1.54) is 11.1 Å². The quantitative estimate of drug-likeness (QED) is 0.878. The fourth-order valence-corrected chi connectivity index (χ4v) is 3.21. The van der Waals surface area contributed by atoms with Gasteiger partial charge < -0.3 is 20.1 Å². The van der Waals surface area contributed by atoms with Crippen molar-refractivity contribution in [2.75, 3.05) is 14.2 Å². The average molecular weight is 340 g/mol. The summed E-state index contributed by atoms with van der Waals surface area (Å²) in [5, 5.41) is 6.40. The Labute approximate surface area is 148 Å². The fourth-order valence-electron chi connectivity index (χ4n) is 3.21. The summed E-state index contributed by atoms with van der Waals surface area (Å²) in [6.07, 6.45) is 0.698. The molecule has 5 heteroatoms. The molecule has 0 aromatic heterocycles. The van der Waals surface area contributed by atoms with E-state index in [0.717, 1.165) is 17.1 Å². The molecule has 2 aromatic rings. The van der Waals surface area contributed by atoms with Crippen LogP contribution in [0.25, 0.3) is 0 Å². The van der Waals surface area contributed by atoms with Crippen LogP contribution in [0.3, 0.4) is 0 Å². The molecule has 132 valence electrons. The molecule has 5 nitrogen and oxygen atoms in total. The summed E-state index contributed by atoms with van der Waals surface area (Å²) in [4.78, 5) is 12.7. The third-order valence-corrected chi connectivity index (χ3v) is 4.66. The van der Waals surface area contributed by atoms with Gasteiger partial charge in [0.05, 0.1) is 26.3 Å². The van der Waals surface area contributed by atoms with Crippen LogP contribution in [0.5, 0.6) is 11.5 Å². The first-order valence-corrected chi connectivity index (χ1v) is 8.45. The maximum Gasteiger partial charge on any atom is 0.237 e. The molecule has 25 heavy (non-hydrogen) atoms. The smallest absolute Gasteiger partial charge is 0.237 e. The van der Waals surface area contributed by atoms with Gasteiger partial charge in [-0.15, -0.1) is 0 Å². The van der Waals surface area contributed by atoms with Crippen molar-refractivity contribution in [3.05, 3.63) is 59.2 Å². The summed E-state index contributed by atoms with van der Waals surface area (Å²) in [6, 6.07) is 13.4. The van der Waals surface area contributed by atoms with E-state index >= 15 is 0 Å². The summed E-state index contributed by atoms with van der Waals surface area (Å²) in [5.41, 5.74) is 3.38. The summed E-state index contributed by atoms with van der Waals surface area (Å²) in [6.45, 7) is 2.66. The second-order valence-electron chi connectivity index (χ2n) is 6.24. The van der Waals surface area contributed by atoms with Crippen molar-refractivity contribution >= 4 is 5.91 Å². The maximum atomic E-state index is 12.7. The highest BCUT2D eigenvalue weighted by atomic mass is 16.5. The second-order valence-corrected chi connectivity index (χ2v) is 6.24. The monoisotopic (exact) mass is 340 g/mol. The molecule has 0 fully saturated rings. The standard InChI is InChI=1S/C20H24N2O3/c1-13(17-11-16(24-2)8-9-19(17)25-3)22-20(23)18-10-14-6-4-5-7-15(14)12-21-18/h4-9,11,13,18,21H,10,12H2,1-3H3,(H,22,23). The van der Waals surface area contributed by atoms with Crippen molar-refractivity contribution in [3.63, 3.8) is 0 Å². The van der Waals surface area contributed by atoms with Crippen LogP contribution in [0.4, 0.5) is 0 Å². The lowest BCUT2D eigenvalue weighted by atomic mass is 9.95. The highest BCUT2D eigenvalue weighted by molar-refractivity contribution is 5.83. The summed E-state index contributed by atoms with van der Waals surface area (Å²) < 4.78 is 10.7. The van der Waals surface area contributed by atoms with Gasteiger partial charge in [-0.05, 0) is 42.7 Å². The molecule has 0 spiro atoms. The molecular weight excluding hydrogens is 316 g/mol. The van der Waals surface area contributed by atoms with Gasteiger partial charge >= 0.3 is 0 Å². The number of nitrogens with one attached hydrogen (secondary N) is 2. The van der Waals surface area contributed by atoms with E-state index in [2.05, 4.69) is 22.8 Å². The van der Waals surface area contributed by atoms with Crippen molar-refractivity contribution in [3.8, 4) is 11.5 Å². The number of carbonyl (C=O) groups excluding carboxylic acids is 1. The van der Waals surface area contributed by atoms with Crippen LogP contribution in [-0.4, -0.2) is 26.2 Å². The molecule has 1 aliphatic heterocycles. The van der Waals surface area contributed by atoms with Crippen LogP contribution in [0.15, 0.2) is 42.5 Å². The van der Waals surface area contributed by atoms with Gasteiger partial charge in [-0.25, -0.2) is 0 Å². The zero-order chi connectivity index (χ0) is 17.8. The largest absolute Gasteiger partial charge is 0.497 e. The number of ether oxygens (including phenoxy) is 2. The lowest BCUT2D eigenvalue weighted by molar-refractivity contribution is -0.124. The van der Waals surface area contributed by atoms with Gasteiger partial charge in [-0.2, -0.15) is 0 Å². The van der Waals surface area contributed by atoms with Gasteiger partial charge in [-0.3, -0.25) is 4.79 Å².